The number of amides is 2. The molecule has 1 saturated heterocycles. The molecule has 3 aromatic rings. The Kier molecular flexibility index (Phi) is 5.93. The van der Waals surface area contributed by atoms with Crippen LogP contribution in [0.15, 0.2) is 36.4 Å². The van der Waals surface area contributed by atoms with E-state index in [-0.39, 0.29) is 29.7 Å². The summed E-state index contributed by atoms with van der Waals surface area (Å²) in [5, 5.41) is 11.9. The fourth-order valence-electron chi connectivity index (χ4n) is 4.02. The Morgan fingerprint density at radius 3 is 2.76 bits per heavy atom. The lowest BCUT2D eigenvalue weighted by Crippen LogP contribution is -2.30. The molecule has 10 nitrogen and oxygen atoms in total. The summed E-state index contributed by atoms with van der Waals surface area (Å²) in [4.78, 5) is 27.8. The van der Waals surface area contributed by atoms with Crippen molar-refractivity contribution < 1.29 is 28.5 Å². The molecule has 34 heavy (non-hydrogen) atoms. The second-order valence-electron chi connectivity index (χ2n) is 7.69. The van der Waals surface area contributed by atoms with Crippen LogP contribution in [-0.4, -0.2) is 54.5 Å². The molecule has 11 heteroatoms. The fourth-order valence-corrected chi connectivity index (χ4v) is 4.90. The van der Waals surface area contributed by atoms with Crippen molar-refractivity contribution in [2.45, 2.75) is 18.9 Å². The van der Waals surface area contributed by atoms with Crippen LogP contribution in [0.2, 0.25) is 0 Å². The molecule has 1 fully saturated rings. The highest BCUT2D eigenvalue weighted by Crippen LogP contribution is 2.37. The van der Waals surface area contributed by atoms with Gasteiger partial charge in [0.15, 0.2) is 11.5 Å². The summed E-state index contributed by atoms with van der Waals surface area (Å²) in [6, 6.07) is 10.0. The standard InChI is InChI=1S/C23H22N4O6S/c1-30-14-6-7-15(18(11-14)31-2)23(29)27-9-3-4-16(27)21-25-26-22(34-21)20(28)24-13-5-8-17-19(10-13)33-12-32-17/h5-8,10-11,16H,3-4,9,12H2,1-2H3,(H,24,28)/t16-/m1/s1. The highest BCUT2D eigenvalue weighted by Gasteiger charge is 2.35. The minimum Gasteiger partial charge on any atom is -0.497 e. The highest BCUT2D eigenvalue weighted by atomic mass is 32.1. The molecule has 0 saturated carbocycles. The van der Waals surface area contributed by atoms with Crippen LogP contribution in [0.1, 0.15) is 44.1 Å². The van der Waals surface area contributed by atoms with Crippen LogP contribution in [-0.2, 0) is 0 Å². The molecule has 176 valence electrons. The molecule has 0 spiro atoms. The molecule has 1 atom stereocenters. The maximum absolute atomic E-state index is 13.3. The number of carbonyl (C=O) groups excluding carboxylic acids is 2. The Labute approximate surface area is 199 Å². The van der Waals surface area contributed by atoms with Crippen molar-refractivity contribution in [3.8, 4) is 23.0 Å². The lowest BCUT2D eigenvalue weighted by atomic mass is 10.1. The Hall–Kier alpha value is -3.86. The number of nitrogens with zero attached hydrogens (tertiary/aromatic N) is 3. The number of hydrogen-bond acceptors (Lipinski definition) is 9. The summed E-state index contributed by atoms with van der Waals surface area (Å²) in [6.07, 6.45) is 1.57. The van der Waals surface area contributed by atoms with Gasteiger partial charge >= 0.3 is 0 Å². The van der Waals surface area contributed by atoms with Gasteiger partial charge in [-0.25, -0.2) is 0 Å². The van der Waals surface area contributed by atoms with E-state index in [1.807, 2.05) is 0 Å². The van der Waals surface area contributed by atoms with Crippen molar-refractivity contribution in [1.82, 2.24) is 15.1 Å². The van der Waals surface area contributed by atoms with Gasteiger partial charge in [0.1, 0.15) is 16.5 Å². The van der Waals surface area contributed by atoms with E-state index in [2.05, 4.69) is 15.5 Å². The number of nitrogens with one attached hydrogen (secondary N) is 1. The number of fused-ring (bicyclic) bond motifs is 1. The lowest BCUT2D eigenvalue weighted by Gasteiger charge is -2.23. The summed E-state index contributed by atoms with van der Waals surface area (Å²) < 4.78 is 21.3. The zero-order valence-electron chi connectivity index (χ0n) is 18.6. The van der Waals surface area contributed by atoms with Gasteiger partial charge in [0.05, 0.1) is 25.8 Å². The summed E-state index contributed by atoms with van der Waals surface area (Å²) in [5.74, 6) is 1.71. The minimum absolute atomic E-state index is 0.158. The minimum atomic E-state index is -0.379. The van der Waals surface area contributed by atoms with Crippen LogP contribution in [0.4, 0.5) is 5.69 Å². The molecule has 1 N–H and O–H groups in total. The normalized spacial score (nSPS) is 16.4. The molecule has 0 unspecified atom stereocenters. The van der Waals surface area contributed by atoms with Crippen molar-refractivity contribution in [1.29, 1.82) is 0 Å². The zero-order valence-corrected chi connectivity index (χ0v) is 19.4. The maximum atomic E-state index is 13.3. The van der Waals surface area contributed by atoms with Crippen LogP contribution in [0.5, 0.6) is 23.0 Å². The van der Waals surface area contributed by atoms with E-state index in [0.717, 1.165) is 12.8 Å². The van der Waals surface area contributed by atoms with Crippen LogP contribution >= 0.6 is 11.3 Å². The van der Waals surface area contributed by atoms with Gasteiger partial charge in [-0.2, -0.15) is 0 Å². The largest absolute Gasteiger partial charge is 0.497 e. The summed E-state index contributed by atoms with van der Waals surface area (Å²) in [5.41, 5.74) is 1.01. The Morgan fingerprint density at radius 2 is 1.94 bits per heavy atom. The zero-order chi connectivity index (χ0) is 23.7. The van der Waals surface area contributed by atoms with Crippen molar-refractivity contribution in [3.05, 3.63) is 52.0 Å². The smallest absolute Gasteiger partial charge is 0.286 e. The van der Waals surface area contributed by atoms with Gasteiger partial charge in [-0.3, -0.25) is 9.59 Å². The van der Waals surface area contributed by atoms with E-state index in [0.29, 0.717) is 45.8 Å². The molecular formula is C23H22N4O6S. The van der Waals surface area contributed by atoms with Gasteiger partial charge < -0.3 is 29.2 Å². The number of hydrogen-bond donors (Lipinski definition) is 1. The number of benzene rings is 2. The van der Waals surface area contributed by atoms with Crippen LogP contribution in [0.25, 0.3) is 0 Å². The SMILES string of the molecule is COc1ccc(C(=O)N2CCC[C@@H]2c2nnc(C(=O)Nc3ccc4c(c3)OCO4)s2)c(OC)c1. The first kappa shape index (κ1) is 22.0. The molecule has 1 aromatic heterocycles. The molecule has 0 bridgehead atoms. The average molecular weight is 483 g/mol. The summed E-state index contributed by atoms with van der Waals surface area (Å²) >= 11 is 1.18. The van der Waals surface area contributed by atoms with E-state index in [1.165, 1.54) is 18.4 Å². The lowest BCUT2D eigenvalue weighted by molar-refractivity contribution is 0.0731. The van der Waals surface area contributed by atoms with Gasteiger partial charge in [0, 0.05) is 24.4 Å². The molecule has 2 aliphatic heterocycles. The third kappa shape index (κ3) is 4.10. The first-order chi connectivity index (χ1) is 16.6. The van der Waals surface area contributed by atoms with Crippen molar-refractivity contribution in [2.75, 3.05) is 32.9 Å². The second kappa shape index (κ2) is 9.18. The van der Waals surface area contributed by atoms with Crippen LogP contribution in [0, 0.1) is 0 Å². The molecular weight excluding hydrogens is 460 g/mol. The quantitative estimate of drug-likeness (QED) is 0.568. The molecule has 5 rings (SSSR count). The molecule has 2 amide bonds. The number of rotatable bonds is 6. The van der Waals surface area contributed by atoms with Crippen molar-refractivity contribution >= 4 is 28.8 Å². The van der Waals surface area contributed by atoms with Gasteiger partial charge in [0.2, 0.25) is 11.8 Å². The second-order valence-corrected chi connectivity index (χ2v) is 8.70. The van der Waals surface area contributed by atoms with Crippen LogP contribution in [0.3, 0.4) is 0 Å². The van der Waals surface area contributed by atoms with E-state index in [9.17, 15) is 9.59 Å². The number of carbonyl (C=O) groups is 2. The fraction of sp³-hybridized carbons (Fsp3) is 0.304. The van der Waals surface area contributed by atoms with Gasteiger partial charge in [-0.1, -0.05) is 11.3 Å². The summed E-state index contributed by atoms with van der Waals surface area (Å²) in [6.45, 7) is 0.739. The predicted octanol–water partition coefficient (Wildman–Crippen LogP) is 3.51. The van der Waals surface area contributed by atoms with E-state index >= 15 is 0 Å². The number of methoxy groups -OCH3 is 2. The third-order valence-corrected chi connectivity index (χ3v) is 6.73. The predicted molar refractivity (Wildman–Crippen MR) is 123 cm³/mol. The van der Waals surface area contributed by atoms with Crippen molar-refractivity contribution in [2.24, 2.45) is 0 Å². The van der Waals surface area contributed by atoms with Gasteiger partial charge in [-0.05, 0) is 37.1 Å². The highest BCUT2D eigenvalue weighted by molar-refractivity contribution is 7.13. The maximum Gasteiger partial charge on any atom is 0.286 e. The first-order valence-electron chi connectivity index (χ1n) is 10.6. The molecule has 2 aromatic carbocycles. The first-order valence-corrected chi connectivity index (χ1v) is 11.5. The number of aromatic nitrogens is 2. The van der Waals surface area contributed by atoms with E-state index in [1.54, 1.807) is 48.4 Å². The van der Waals surface area contributed by atoms with Crippen molar-refractivity contribution in [3.63, 3.8) is 0 Å². The monoisotopic (exact) mass is 482 g/mol. The Bertz CT molecular complexity index is 1250. The topological polar surface area (TPSA) is 112 Å². The molecule has 0 radical (unpaired) electrons. The Morgan fingerprint density at radius 1 is 1.09 bits per heavy atom. The third-order valence-electron chi connectivity index (χ3n) is 5.70. The molecule has 0 aliphatic carbocycles. The average Bonchev–Trinajstić information content (AvgIpc) is 3.62. The molecule has 2 aliphatic rings. The Balaban J connectivity index is 1.32. The number of likely N-dealkylation sites (tertiary alicyclic amines) is 1. The summed E-state index contributed by atoms with van der Waals surface area (Å²) in [7, 11) is 3.07. The van der Waals surface area contributed by atoms with Gasteiger partial charge in [0.25, 0.3) is 11.8 Å². The van der Waals surface area contributed by atoms with Gasteiger partial charge in [-0.15, -0.1) is 10.2 Å². The number of anilines is 1. The molecule has 3 heterocycles. The van der Waals surface area contributed by atoms with E-state index < -0.39 is 0 Å². The number of ether oxygens (including phenoxy) is 4. The van der Waals surface area contributed by atoms with Crippen LogP contribution < -0.4 is 24.3 Å². The van der Waals surface area contributed by atoms with E-state index in [4.69, 9.17) is 18.9 Å².